The molecule has 1 atom stereocenters. The first-order valence-corrected chi connectivity index (χ1v) is 26.1. The summed E-state index contributed by atoms with van der Waals surface area (Å²) in [5, 5.41) is 10.6. The number of thiophene rings is 2. The van der Waals surface area contributed by atoms with Gasteiger partial charge >= 0.3 is 0 Å². The number of fused-ring (bicyclic) bond motifs is 2. The van der Waals surface area contributed by atoms with Gasteiger partial charge in [0, 0.05) is 9.75 Å². The second-order valence-electron chi connectivity index (χ2n) is 16.5. The Labute approximate surface area is 364 Å². The van der Waals surface area contributed by atoms with Gasteiger partial charge in [-0.3, -0.25) is 4.79 Å². The third kappa shape index (κ3) is 13.5. The molecule has 0 aliphatic carbocycles. The first kappa shape index (κ1) is 46.1. The molecule has 0 bridgehead atoms. The maximum Gasteiger partial charge on any atom is 0.160 e. The van der Waals surface area contributed by atoms with Crippen LogP contribution >= 0.6 is 38.6 Å². The number of aldehydes is 1. The van der Waals surface area contributed by atoms with E-state index in [0.29, 0.717) is 5.92 Å². The monoisotopic (exact) mass is 895 g/mol. The van der Waals surface area contributed by atoms with Gasteiger partial charge in [0.1, 0.15) is 22.4 Å². The molecule has 1 aliphatic heterocycles. The van der Waals surface area contributed by atoms with Gasteiger partial charge in [-0.25, -0.2) is 0 Å². The van der Waals surface area contributed by atoms with Gasteiger partial charge in [-0.05, 0) is 77.2 Å². The van der Waals surface area contributed by atoms with Crippen LogP contribution in [0.15, 0.2) is 24.6 Å². The van der Waals surface area contributed by atoms with Gasteiger partial charge in [-0.1, -0.05) is 163 Å². The standard InChI is InChI=1S/C47H70BrN5OS3/c1-5-9-12-14-16-18-20-22-24-26-29-36-31-38(55-40(36)34-54)41-43-44(50-53(49-43)33-35(8-4)28-11-7-3)42(46-45(41)51-57-52-46)39-32-37(47(48)56-39)30-27-25-23-21-19-17-15-13-10-6-2/h31-32,34-35H,5-30,33H2,1-4H3. The Balaban J connectivity index is 1.37. The lowest BCUT2D eigenvalue weighted by Gasteiger charge is -2.12. The molecule has 6 nitrogen and oxygen atoms in total. The quantitative estimate of drug-likeness (QED) is 0.0329. The summed E-state index contributed by atoms with van der Waals surface area (Å²) in [4.78, 5) is 17.5. The molecule has 314 valence electrons. The van der Waals surface area contributed by atoms with Crippen molar-refractivity contribution in [3.8, 4) is 20.9 Å². The number of halogens is 1. The fraction of sp³-hybridized carbons (Fsp3) is 0.681. The average Bonchev–Trinajstić information content (AvgIpc) is 4.03. The number of hydrogen-bond donors (Lipinski definition) is 0. The lowest BCUT2D eigenvalue weighted by Crippen LogP contribution is -2.12. The molecule has 1 aromatic carbocycles. The number of carbonyl (C=O) groups excluding carboxylic acids is 1. The van der Waals surface area contributed by atoms with E-state index >= 15 is 0 Å². The van der Waals surface area contributed by atoms with E-state index in [4.69, 9.17) is 18.9 Å². The maximum absolute atomic E-state index is 12.5. The zero-order valence-electron chi connectivity index (χ0n) is 35.6. The third-order valence-electron chi connectivity index (χ3n) is 11.9. The summed E-state index contributed by atoms with van der Waals surface area (Å²) < 4.78 is 11.1. The maximum atomic E-state index is 12.5. The molecule has 0 saturated heterocycles. The molecular weight excluding hydrogens is 827 g/mol. The Hall–Kier alpha value is -2.01. The number of aromatic nitrogens is 3. The minimum Gasteiger partial charge on any atom is -0.297 e. The minimum absolute atomic E-state index is 0.523. The van der Waals surface area contributed by atoms with E-state index in [2.05, 4.69) is 55.8 Å². The van der Waals surface area contributed by atoms with Crippen molar-refractivity contribution in [2.75, 3.05) is 0 Å². The van der Waals surface area contributed by atoms with Crippen molar-refractivity contribution in [3.05, 3.63) is 31.9 Å². The molecule has 4 aromatic rings. The summed E-state index contributed by atoms with van der Waals surface area (Å²) in [6.07, 6.45) is 34.2. The summed E-state index contributed by atoms with van der Waals surface area (Å²) in [6.45, 7) is 9.91. The van der Waals surface area contributed by atoms with E-state index in [1.165, 1.54) is 167 Å². The highest BCUT2D eigenvalue weighted by atomic mass is 79.9. The smallest absolute Gasteiger partial charge is 0.160 e. The number of benzene rings is 1. The van der Waals surface area contributed by atoms with E-state index in [-0.39, 0.29) is 0 Å². The molecule has 0 amide bonds. The molecular formula is C47H70BrN5OS3. The summed E-state index contributed by atoms with van der Waals surface area (Å²) in [7, 11) is 0. The van der Waals surface area contributed by atoms with Crippen molar-refractivity contribution in [1.29, 1.82) is 0 Å². The topological polar surface area (TPSA) is 72.5 Å². The fourth-order valence-electron chi connectivity index (χ4n) is 8.29. The van der Waals surface area contributed by atoms with Crippen LogP contribution in [0.2, 0.25) is 0 Å². The Morgan fingerprint density at radius 3 is 1.56 bits per heavy atom. The molecule has 10 heteroatoms. The third-order valence-corrected chi connectivity index (χ3v) is 15.5. The predicted octanol–water partition coefficient (Wildman–Crippen LogP) is 17.3. The first-order valence-electron chi connectivity index (χ1n) is 22.9. The van der Waals surface area contributed by atoms with E-state index in [0.717, 1.165) is 87.4 Å². The zero-order chi connectivity index (χ0) is 40.2. The Bertz CT molecular complexity index is 1890. The van der Waals surface area contributed by atoms with Crippen LogP contribution in [0.4, 0.5) is 11.4 Å². The van der Waals surface area contributed by atoms with Crippen molar-refractivity contribution in [1.82, 2.24) is 15.0 Å². The van der Waals surface area contributed by atoms with Crippen LogP contribution in [-0.4, -0.2) is 21.3 Å². The van der Waals surface area contributed by atoms with Gasteiger partial charge in [-0.15, -0.1) is 22.7 Å². The molecule has 3 aromatic heterocycles. The highest BCUT2D eigenvalue weighted by molar-refractivity contribution is 9.11. The number of carbonyl (C=O) groups is 1. The Morgan fingerprint density at radius 2 is 1.07 bits per heavy atom. The average molecular weight is 897 g/mol. The molecule has 0 radical (unpaired) electrons. The molecule has 1 aliphatic rings. The van der Waals surface area contributed by atoms with Gasteiger partial charge in [-0.2, -0.15) is 23.7 Å². The van der Waals surface area contributed by atoms with Crippen molar-refractivity contribution in [2.45, 2.75) is 201 Å². The van der Waals surface area contributed by atoms with Gasteiger partial charge in [0.05, 0.1) is 37.7 Å². The lowest BCUT2D eigenvalue weighted by molar-refractivity contribution is 0.112. The first-order chi connectivity index (χ1) is 28.0. The molecule has 5 rings (SSSR count). The van der Waals surface area contributed by atoms with Gasteiger partial charge in [0.15, 0.2) is 6.29 Å². The highest BCUT2D eigenvalue weighted by Gasteiger charge is 2.30. The largest absolute Gasteiger partial charge is 0.297 e. The molecule has 1 unspecified atom stereocenters. The predicted molar refractivity (Wildman–Crippen MR) is 253 cm³/mol. The van der Waals surface area contributed by atoms with Crippen LogP contribution in [0.1, 0.15) is 203 Å². The second kappa shape index (κ2) is 25.6. The van der Waals surface area contributed by atoms with Crippen molar-refractivity contribution < 1.29 is 4.79 Å². The van der Waals surface area contributed by atoms with Gasteiger partial charge < -0.3 is 0 Å². The molecule has 0 fully saturated rings. The molecule has 0 N–H and O–H groups in total. The summed E-state index contributed by atoms with van der Waals surface area (Å²) >= 11 is 8.59. The van der Waals surface area contributed by atoms with Crippen LogP contribution < -0.4 is 0 Å². The summed E-state index contributed by atoms with van der Waals surface area (Å²) in [5.74, 6) is 0.523. The lowest BCUT2D eigenvalue weighted by atomic mass is 9.99. The van der Waals surface area contributed by atoms with Crippen LogP contribution in [0.5, 0.6) is 0 Å². The van der Waals surface area contributed by atoms with Gasteiger partial charge in [0.25, 0.3) is 0 Å². The molecule has 0 saturated carbocycles. The second-order valence-corrected chi connectivity index (χ2v) is 20.5. The van der Waals surface area contributed by atoms with Crippen LogP contribution in [0, 0.1) is 5.92 Å². The zero-order valence-corrected chi connectivity index (χ0v) is 39.7. The fourth-order valence-corrected chi connectivity index (χ4v) is 11.7. The SMILES string of the molecule is CCCCCCCCCCCCc1cc(-c2c3c(c(-c4cc(CCCCCCCCCCCC)c(C=O)s4)c4nn(CC(CC)CCCC)nc24)N=S=N3)sc1Br. The Morgan fingerprint density at radius 1 is 0.614 bits per heavy atom. The molecule has 4 heterocycles. The Kier molecular flexibility index (Phi) is 20.7. The minimum atomic E-state index is 0.523. The molecule has 57 heavy (non-hydrogen) atoms. The van der Waals surface area contributed by atoms with Crippen molar-refractivity contribution in [2.24, 2.45) is 14.6 Å². The van der Waals surface area contributed by atoms with E-state index in [1.54, 1.807) is 22.7 Å². The highest BCUT2D eigenvalue weighted by Crippen LogP contribution is 2.54. The summed E-state index contributed by atoms with van der Waals surface area (Å²) in [5.41, 5.74) is 8.08. The normalized spacial score (nSPS) is 12.9. The number of rotatable bonds is 31. The number of unbranched alkanes of at least 4 members (excludes halogenated alkanes) is 19. The van der Waals surface area contributed by atoms with E-state index in [1.807, 2.05) is 4.80 Å². The number of aryl methyl sites for hydroxylation is 2. The number of nitrogens with zero attached hydrogens (tertiary/aromatic N) is 5. The van der Waals surface area contributed by atoms with Gasteiger partial charge in [0.2, 0.25) is 0 Å². The van der Waals surface area contributed by atoms with Crippen LogP contribution in [0.3, 0.4) is 0 Å². The van der Waals surface area contributed by atoms with E-state index in [9.17, 15) is 4.79 Å². The summed E-state index contributed by atoms with van der Waals surface area (Å²) in [6, 6.07) is 4.61. The van der Waals surface area contributed by atoms with Crippen molar-refractivity contribution in [3.63, 3.8) is 0 Å². The molecule has 0 spiro atoms. The van der Waals surface area contributed by atoms with Crippen LogP contribution in [-0.2, 0) is 30.7 Å². The number of hydrogen-bond acceptors (Lipinski definition) is 7. The van der Waals surface area contributed by atoms with Crippen LogP contribution in [0.25, 0.3) is 31.9 Å². The van der Waals surface area contributed by atoms with Crippen molar-refractivity contribution >= 4 is 78.7 Å². The van der Waals surface area contributed by atoms with E-state index < -0.39 is 0 Å².